The molecule has 1 aromatic heterocycles. The average Bonchev–Trinajstić information content (AvgIpc) is 3.11. The minimum absolute atomic E-state index is 0.184. The minimum Gasteiger partial charge on any atom is -0.397 e. The Labute approximate surface area is 119 Å². The molecule has 0 saturated carbocycles. The molecule has 2 N–H and O–H groups in total. The molecule has 1 atom stereocenters. The fourth-order valence-corrected chi connectivity index (χ4v) is 3.18. The minimum atomic E-state index is 0.184. The Morgan fingerprint density at radius 1 is 1.30 bits per heavy atom. The zero-order valence-electron chi connectivity index (χ0n) is 11.8. The Morgan fingerprint density at radius 3 is 2.80 bits per heavy atom. The van der Waals surface area contributed by atoms with Crippen molar-refractivity contribution in [1.82, 2.24) is 14.8 Å². The second-order valence-corrected chi connectivity index (χ2v) is 5.78. The molecule has 3 heterocycles. The first kappa shape index (κ1) is 13.4. The van der Waals surface area contributed by atoms with Gasteiger partial charge in [0.05, 0.1) is 18.3 Å². The van der Waals surface area contributed by atoms with Crippen molar-refractivity contribution in [2.45, 2.75) is 31.7 Å². The Bertz CT molecular complexity index is 467. The molecular weight excluding hydrogens is 252 g/mol. The van der Waals surface area contributed by atoms with Gasteiger partial charge in [0.25, 0.3) is 0 Å². The SMILES string of the molecule is Nc1ccc(CC(=O)N2CCC(N3CCCC3)C2)nc1. The molecule has 0 bridgehead atoms. The Hall–Kier alpha value is -1.62. The standard InChI is InChI=1S/C15H22N4O/c16-12-3-4-13(17-10-12)9-15(20)19-8-5-14(11-19)18-6-1-2-7-18/h3-4,10,14H,1-2,5-9,11,16H2. The van der Waals surface area contributed by atoms with Crippen LogP contribution in [-0.4, -0.2) is 52.9 Å². The summed E-state index contributed by atoms with van der Waals surface area (Å²) in [6.45, 7) is 4.17. The van der Waals surface area contributed by atoms with Crippen molar-refractivity contribution < 1.29 is 4.79 Å². The molecule has 2 aliphatic rings. The number of pyridine rings is 1. The molecule has 5 nitrogen and oxygen atoms in total. The summed E-state index contributed by atoms with van der Waals surface area (Å²) in [7, 11) is 0. The number of aromatic nitrogens is 1. The van der Waals surface area contributed by atoms with Crippen LogP contribution >= 0.6 is 0 Å². The van der Waals surface area contributed by atoms with Gasteiger partial charge in [-0.05, 0) is 44.5 Å². The Balaban J connectivity index is 1.54. The maximum Gasteiger partial charge on any atom is 0.228 e. The van der Waals surface area contributed by atoms with Crippen LogP contribution in [0.4, 0.5) is 5.69 Å². The van der Waals surface area contributed by atoms with Crippen LogP contribution in [0.1, 0.15) is 25.0 Å². The van der Waals surface area contributed by atoms with Crippen molar-refractivity contribution in [3.05, 3.63) is 24.0 Å². The van der Waals surface area contributed by atoms with Crippen LogP contribution in [0.15, 0.2) is 18.3 Å². The molecular formula is C15H22N4O. The summed E-state index contributed by atoms with van der Waals surface area (Å²) in [4.78, 5) is 21.0. The van der Waals surface area contributed by atoms with E-state index in [1.54, 1.807) is 12.3 Å². The number of amides is 1. The van der Waals surface area contributed by atoms with E-state index in [2.05, 4.69) is 9.88 Å². The molecule has 1 aromatic rings. The lowest BCUT2D eigenvalue weighted by molar-refractivity contribution is -0.129. The van der Waals surface area contributed by atoms with E-state index in [-0.39, 0.29) is 5.91 Å². The smallest absolute Gasteiger partial charge is 0.228 e. The van der Waals surface area contributed by atoms with Gasteiger partial charge in [0.15, 0.2) is 0 Å². The van der Waals surface area contributed by atoms with Gasteiger partial charge in [-0.3, -0.25) is 14.7 Å². The van der Waals surface area contributed by atoms with E-state index in [1.807, 2.05) is 11.0 Å². The zero-order valence-corrected chi connectivity index (χ0v) is 11.8. The van der Waals surface area contributed by atoms with Crippen molar-refractivity contribution in [2.75, 3.05) is 31.9 Å². The second kappa shape index (κ2) is 5.79. The van der Waals surface area contributed by atoms with E-state index in [1.165, 1.54) is 25.9 Å². The normalized spacial score (nSPS) is 23.4. The van der Waals surface area contributed by atoms with Gasteiger partial charge in [0.2, 0.25) is 5.91 Å². The van der Waals surface area contributed by atoms with Gasteiger partial charge in [-0.25, -0.2) is 0 Å². The van der Waals surface area contributed by atoms with Crippen LogP contribution in [0.5, 0.6) is 0 Å². The average molecular weight is 274 g/mol. The first-order valence-electron chi connectivity index (χ1n) is 7.44. The fourth-order valence-electron chi connectivity index (χ4n) is 3.18. The molecule has 0 aromatic carbocycles. The number of likely N-dealkylation sites (tertiary alicyclic amines) is 2. The second-order valence-electron chi connectivity index (χ2n) is 5.78. The van der Waals surface area contributed by atoms with Crippen LogP contribution < -0.4 is 5.73 Å². The molecule has 0 aliphatic carbocycles. The predicted molar refractivity (Wildman–Crippen MR) is 78.1 cm³/mol. The summed E-state index contributed by atoms with van der Waals surface area (Å²) >= 11 is 0. The number of carbonyl (C=O) groups excluding carboxylic acids is 1. The highest BCUT2D eigenvalue weighted by Crippen LogP contribution is 2.20. The molecule has 2 aliphatic heterocycles. The summed E-state index contributed by atoms with van der Waals surface area (Å²) in [5.41, 5.74) is 7.04. The highest BCUT2D eigenvalue weighted by molar-refractivity contribution is 5.78. The van der Waals surface area contributed by atoms with E-state index in [4.69, 9.17) is 5.73 Å². The van der Waals surface area contributed by atoms with Crippen LogP contribution in [0.3, 0.4) is 0 Å². The van der Waals surface area contributed by atoms with Crippen molar-refractivity contribution in [3.63, 3.8) is 0 Å². The topological polar surface area (TPSA) is 62.5 Å². The third kappa shape index (κ3) is 2.93. The fraction of sp³-hybridized carbons (Fsp3) is 0.600. The largest absolute Gasteiger partial charge is 0.397 e. The Morgan fingerprint density at radius 2 is 2.10 bits per heavy atom. The van der Waals surface area contributed by atoms with E-state index in [9.17, 15) is 4.79 Å². The van der Waals surface area contributed by atoms with Crippen molar-refractivity contribution in [3.8, 4) is 0 Å². The highest BCUT2D eigenvalue weighted by atomic mass is 16.2. The molecule has 0 spiro atoms. The molecule has 5 heteroatoms. The summed E-state index contributed by atoms with van der Waals surface area (Å²) in [6, 6.07) is 4.20. The number of anilines is 1. The van der Waals surface area contributed by atoms with Crippen molar-refractivity contribution >= 4 is 11.6 Å². The number of rotatable bonds is 3. The molecule has 2 fully saturated rings. The molecule has 20 heavy (non-hydrogen) atoms. The molecule has 2 saturated heterocycles. The first-order valence-corrected chi connectivity index (χ1v) is 7.44. The maximum absolute atomic E-state index is 12.3. The third-order valence-corrected chi connectivity index (χ3v) is 4.35. The number of carbonyl (C=O) groups is 1. The number of nitrogens with two attached hydrogens (primary N) is 1. The van der Waals surface area contributed by atoms with Gasteiger partial charge >= 0.3 is 0 Å². The van der Waals surface area contributed by atoms with Crippen LogP contribution in [0.2, 0.25) is 0 Å². The summed E-state index contributed by atoms with van der Waals surface area (Å²) in [6.07, 6.45) is 5.72. The number of nitrogen functional groups attached to an aromatic ring is 1. The van der Waals surface area contributed by atoms with E-state index >= 15 is 0 Å². The Kier molecular flexibility index (Phi) is 3.87. The number of hydrogen-bond acceptors (Lipinski definition) is 4. The third-order valence-electron chi connectivity index (χ3n) is 4.35. The lowest BCUT2D eigenvalue weighted by atomic mass is 10.2. The number of hydrogen-bond donors (Lipinski definition) is 1. The highest BCUT2D eigenvalue weighted by Gasteiger charge is 2.31. The van der Waals surface area contributed by atoms with Gasteiger partial charge in [0, 0.05) is 24.8 Å². The van der Waals surface area contributed by atoms with Gasteiger partial charge in [0.1, 0.15) is 0 Å². The van der Waals surface area contributed by atoms with Gasteiger partial charge < -0.3 is 10.6 Å². The zero-order chi connectivity index (χ0) is 13.9. The maximum atomic E-state index is 12.3. The molecule has 3 rings (SSSR count). The van der Waals surface area contributed by atoms with E-state index in [0.717, 1.165) is 25.2 Å². The van der Waals surface area contributed by atoms with E-state index in [0.29, 0.717) is 18.2 Å². The molecule has 1 unspecified atom stereocenters. The van der Waals surface area contributed by atoms with Gasteiger partial charge in [-0.1, -0.05) is 0 Å². The van der Waals surface area contributed by atoms with E-state index < -0.39 is 0 Å². The van der Waals surface area contributed by atoms with Crippen LogP contribution in [0.25, 0.3) is 0 Å². The molecule has 108 valence electrons. The lowest BCUT2D eigenvalue weighted by Crippen LogP contribution is -2.37. The first-order chi connectivity index (χ1) is 9.72. The van der Waals surface area contributed by atoms with Crippen LogP contribution in [-0.2, 0) is 11.2 Å². The molecule has 1 amide bonds. The molecule has 0 radical (unpaired) electrons. The summed E-state index contributed by atoms with van der Waals surface area (Å²) in [5, 5.41) is 0. The summed E-state index contributed by atoms with van der Waals surface area (Å²) < 4.78 is 0. The van der Waals surface area contributed by atoms with Crippen molar-refractivity contribution in [1.29, 1.82) is 0 Å². The monoisotopic (exact) mass is 274 g/mol. The predicted octanol–water partition coefficient (Wildman–Crippen LogP) is 0.903. The number of nitrogens with zero attached hydrogens (tertiary/aromatic N) is 3. The van der Waals surface area contributed by atoms with Crippen molar-refractivity contribution in [2.24, 2.45) is 0 Å². The lowest BCUT2D eigenvalue weighted by Gasteiger charge is -2.23. The van der Waals surface area contributed by atoms with Gasteiger partial charge in [-0.15, -0.1) is 0 Å². The van der Waals surface area contributed by atoms with Gasteiger partial charge in [-0.2, -0.15) is 0 Å². The van der Waals surface area contributed by atoms with Crippen LogP contribution in [0, 0.1) is 0 Å². The quantitative estimate of drug-likeness (QED) is 0.889. The summed E-state index contributed by atoms with van der Waals surface area (Å²) in [5.74, 6) is 0.184.